The Morgan fingerprint density at radius 1 is 1.14 bits per heavy atom. The van der Waals surface area contributed by atoms with Gasteiger partial charge >= 0.3 is 6.29 Å². The maximum absolute atomic E-state index is 13.0. The quantitative estimate of drug-likeness (QED) is 0.699. The molecule has 1 aliphatic heterocycles. The lowest BCUT2D eigenvalue weighted by molar-refractivity contribution is -0.286. The predicted molar refractivity (Wildman–Crippen MR) is 96.6 cm³/mol. The van der Waals surface area contributed by atoms with E-state index in [-0.39, 0.29) is 36.3 Å². The van der Waals surface area contributed by atoms with Crippen LogP contribution in [0.2, 0.25) is 0 Å². The summed E-state index contributed by atoms with van der Waals surface area (Å²) >= 11 is 0. The van der Waals surface area contributed by atoms with Crippen molar-refractivity contribution in [1.82, 2.24) is 15.6 Å². The number of nitrogens with one attached hydrogen (secondary N) is 2. The minimum Gasteiger partial charge on any atom is -0.484 e. The van der Waals surface area contributed by atoms with Crippen molar-refractivity contribution in [2.75, 3.05) is 13.2 Å². The van der Waals surface area contributed by atoms with Crippen molar-refractivity contribution in [2.24, 2.45) is 0 Å². The molecule has 0 saturated carbocycles. The van der Waals surface area contributed by atoms with Crippen LogP contribution in [-0.4, -0.2) is 36.2 Å². The van der Waals surface area contributed by atoms with Gasteiger partial charge in [0.25, 0.3) is 11.8 Å². The molecule has 2 N–H and O–H groups in total. The Hall–Kier alpha value is -3.69. The highest BCUT2D eigenvalue weighted by Gasteiger charge is 2.43. The third-order valence-corrected chi connectivity index (χ3v) is 3.72. The molecule has 0 saturated heterocycles. The molecule has 0 unspecified atom stereocenters. The molecule has 1 aliphatic rings. The fourth-order valence-electron chi connectivity index (χ4n) is 2.37. The Morgan fingerprint density at radius 2 is 1.86 bits per heavy atom. The number of nitrogens with zero attached hydrogens (tertiary/aromatic N) is 1. The van der Waals surface area contributed by atoms with Gasteiger partial charge in [-0.25, -0.2) is 0 Å². The standard InChI is InChI=1S/C19H17F2N3O5/c1-12(24-18(26)13-5-7-22-8-6-13)4-9-23-17(25)11-27-14-2-3-15-16(10-14)29-19(20,21)28-15/h2-3,5-8,10H,1,4,9,11H2,(H,23,25)(H,24,26). The zero-order chi connectivity index (χ0) is 20.9. The maximum Gasteiger partial charge on any atom is 0.586 e. The average Bonchev–Trinajstić information content (AvgIpc) is 3.00. The topological polar surface area (TPSA) is 98.8 Å². The van der Waals surface area contributed by atoms with E-state index in [0.29, 0.717) is 17.7 Å². The minimum atomic E-state index is -3.71. The largest absolute Gasteiger partial charge is 0.586 e. The Labute approximate surface area is 164 Å². The van der Waals surface area contributed by atoms with Crippen molar-refractivity contribution in [3.63, 3.8) is 0 Å². The molecule has 0 atom stereocenters. The molecule has 2 aromatic rings. The van der Waals surface area contributed by atoms with Crippen LogP contribution in [0.5, 0.6) is 17.2 Å². The summed E-state index contributed by atoms with van der Waals surface area (Å²) in [6.45, 7) is 3.64. The fourth-order valence-corrected chi connectivity index (χ4v) is 2.37. The summed E-state index contributed by atoms with van der Waals surface area (Å²) in [6, 6.07) is 6.99. The van der Waals surface area contributed by atoms with E-state index in [4.69, 9.17) is 4.74 Å². The molecule has 10 heteroatoms. The van der Waals surface area contributed by atoms with Crippen LogP contribution in [-0.2, 0) is 4.79 Å². The van der Waals surface area contributed by atoms with Gasteiger partial charge in [-0.2, -0.15) is 0 Å². The molecule has 0 aliphatic carbocycles. The minimum absolute atomic E-state index is 0.112. The van der Waals surface area contributed by atoms with E-state index in [0.717, 1.165) is 0 Å². The van der Waals surface area contributed by atoms with Crippen molar-refractivity contribution in [3.8, 4) is 17.2 Å². The van der Waals surface area contributed by atoms with Crippen molar-refractivity contribution in [2.45, 2.75) is 12.7 Å². The number of carbonyl (C=O) groups excluding carboxylic acids is 2. The van der Waals surface area contributed by atoms with Crippen molar-refractivity contribution in [3.05, 3.63) is 60.6 Å². The first-order chi connectivity index (χ1) is 13.8. The number of alkyl halides is 2. The van der Waals surface area contributed by atoms with Gasteiger partial charge < -0.3 is 24.8 Å². The molecular weight excluding hydrogens is 388 g/mol. The van der Waals surface area contributed by atoms with E-state index in [2.05, 4.69) is 31.7 Å². The number of pyridine rings is 1. The van der Waals surface area contributed by atoms with Crippen LogP contribution in [0.4, 0.5) is 8.78 Å². The number of carbonyl (C=O) groups is 2. The smallest absolute Gasteiger partial charge is 0.484 e. The zero-order valence-corrected chi connectivity index (χ0v) is 15.1. The lowest BCUT2D eigenvalue weighted by atomic mass is 10.2. The number of halogens is 2. The van der Waals surface area contributed by atoms with Crippen molar-refractivity contribution < 1.29 is 32.6 Å². The first-order valence-electron chi connectivity index (χ1n) is 8.51. The highest BCUT2D eigenvalue weighted by molar-refractivity contribution is 5.95. The van der Waals surface area contributed by atoms with E-state index in [1.165, 1.54) is 30.6 Å². The lowest BCUT2D eigenvalue weighted by Crippen LogP contribution is -2.31. The third-order valence-electron chi connectivity index (χ3n) is 3.72. The van der Waals surface area contributed by atoms with Crippen LogP contribution in [0.25, 0.3) is 0 Å². The van der Waals surface area contributed by atoms with Crippen LogP contribution in [0.1, 0.15) is 16.8 Å². The van der Waals surface area contributed by atoms with Crippen LogP contribution in [0, 0.1) is 0 Å². The molecule has 0 fully saturated rings. The molecule has 1 aromatic carbocycles. The van der Waals surface area contributed by atoms with Gasteiger partial charge in [0.2, 0.25) is 0 Å². The molecule has 8 nitrogen and oxygen atoms in total. The molecule has 2 heterocycles. The third kappa shape index (κ3) is 5.64. The number of amides is 2. The summed E-state index contributed by atoms with van der Waals surface area (Å²) in [7, 11) is 0. The first kappa shape index (κ1) is 20.1. The Bertz CT molecular complexity index is 921. The van der Waals surface area contributed by atoms with E-state index < -0.39 is 12.2 Å². The van der Waals surface area contributed by atoms with Gasteiger partial charge in [-0.15, -0.1) is 8.78 Å². The van der Waals surface area contributed by atoms with Gasteiger partial charge in [0, 0.05) is 42.7 Å². The number of rotatable bonds is 8. The number of aromatic nitrogens is 1. The van der Waals surface area contributed by atoms with E-state index in [1.54, 1.807) is 12.1 Å². The number of benzene rings is 1. The summed E-state index contributed by atoms with van der Waals surface area (Å²) in [5.41, 5.74) is 0.879. The molecule has 3 rings (SSSR count). The molecule has 2 amide bonds. The van der Waals surface area contributed by atoms with Gasteiger partial charge in [-0.3, -0.25) is 14.6 Å². The number of ether oxygens (including phenoxy) is 3. The summed E-state index contributed by atoms with van der Waals surface area (Å²) in [5, 5.41) is 5.23. The van der Waals surface area contributed by atoms with Gasteiger partial charge in [0.1, 0.15) is 5.75 Å². The lowest BCUT2D eigenvalue weighted by Gasteiger charge is -2.10. The van der Waals surface area contributed by atoms with E-state index in [9.17, 15) is 18.4 Å². The zero-order valence-electron chi connectivity index (χ0n) is 15.1. The summed E-state index contributed by atoms with van der Waals surface area (Å²) < 4.78 is 39.8. The molecule has 29 heavy (non-hydrogen) atoms. The van der Waals surface area contributed by atoms with Gasteiger partial charge in [0.15, 0.2) is 18.1 Å². The molecule has 152 valence electrons. The van der Waals surface area contributed by atoms with Crippen molar-refractivity contribution >= 4 is 11.8 Å². The predicted octanol–water partition coefficient (Wildman–Crippen LogP) is 2.23. The highest BCUT2D eigenvalue weighted by Crippen LogP contribution is 2.42. The second kappa shape index (κ2) is 8.55. The van der Waals surface area contributed by atoms with Crippen LogP contribution in [0.3, 0.4) is 0 Å². The van der Waals surface area contributed by atoms with Crippen LogP contribution < -0.4 is 24.8 Å². The molecule has 1 aromatic heterocycles. The molecule has 0 bridgehead atoms. The molecular formula is C19H17F2N3O5. The van der Waals surface area contributed by atoms with Gasteiger partial charge in [-0.05, 0) is 24.3 Å². The second-order valence-electron chi connectivity index (χ2n) is 5.96. The Kier molecular flexibility index (Phi) is 5.91. The summed E-state index contributed by atoms with van der Waals surface area (Å²) in [6.07, 6.45) is -0.387. The van der Waals surface area contributed by atoms with Gasteiger partial charge in [-0.1, -0.05) is 6.58 Å². The number of hydrogen-bond acceptors (Lipinski definition) is 6. The highest BCUT2D eigenvalue weighted by atomic mass is 19.3. The van der Waals surface area contributed by atoms with E-state index in [1.807, 2.05) is 0 Å². The summed E-state index contributed by atoms with van der Waals surface area (Å²) in [5.74, 6) is -0.857. The Balaban J connectivity index is 1.36. The van der Waals surface area contributed by atoms with E-state index >= 15 is 0 Å². The first-order valence-corrected chi connectivity index (χ1v) is 8.51. The van der Waals surface area contributed by atoms with Gasteiger partial charge in [0.05, 0.1) is 0 Å². The van der Waals surface area contributed by atoms with Crippen LogP contribution in [0.15, 0.2) is 55.0 Å². The normalized spacial score (nSPS) is 13.4. The maximum atomic E-state index is 13.0. The van der Waals surface area contributed by atoms with Crippen molar-refractivity contribution in [1.29, 1.82) is 0 Å². The summed E-state index contributed by atoms with van der Waals surface area (Å²) in [4.78, 5) is 27.6. The van der Waals surface area contributed by atoms with Crippen LogP contribution >= 0.6 is 0 Å². The Morgan fingerprint density at radius 3 is 2.62 bits per heavy atom. The number of hydrogen-bond donors (Lipinski definition) is 2. The average molecular weight is 405 g/mol. The second-order valence-corrected chi connectivity index (χ2v) is 5.96. The SMILES string of the molecule is C=C(CCNC(=O)COc1ccc2c(c1)OC(F)(F)O2)NC(=O)c1ccncc1. The molecule has 0 spiro atoms. The number of fused-ring (bicyclic) bond motifs is 1. The molecule has 0 radical (unpaired) electrons. The fraction of sp³-hybridized carbons (Fsp3) is 0.211. The monoisotopic (exact) mass is 405 g/mol.